The normalized spacial score (nSPS) is 11.1. The number of fused-ring (bicyclic) bond motifs is 1. The molecule has 96 valence electrons. The summed E-state index contributed by atoms with van der Waals surface area (Å²) in [7, 11) is 0. The van der Waals surface area contributed by atoms with Gasteiger partial charge >= 0.3 is 5.97 Å². The van der Waals surface area contributed by atoms with E-state index in [1.807, 2.05) is 6.92 Å². The van der Waals surface area contributed by atoms with Crippen molar-refractivity contribution < 1.29 is 9.90 Å². The van der Waals surface area contributed by atoms with Crippen molar-refractivity contribution in [3.63, 3.8) is 0 Å². The minimum Gasteiger partial charge on any atom is -0.478 e. The number of aromatic carboxylic acids is 1. The third-order valence-electron chi connectivity index (χ3n) is 3.27. The molecule has 0 atom stereocenters. The van der Waals surface area contributed by atoms with Crippen LogP contribution < -0.4 is 0 Å². The Kier molecular flexibility index (Phi) is 3.41. The summed E-state index contributed by atoms with van der Waals surface area (Å²) >= 11 is 0. The average molecular weight is 245 g/mol. The van der Waals surface area contributed by atoms with Crippen molar-refractivity contribution in [1.29, 1.82) is 0 Å². The molecule has 1 heterocycles. The molecule has 0 fully saturated rings. The summed E-state index contributed by atoms with van der Waals surface area (Å²) in [6, 6.07) is 3.85. The lowest BCUT2D eigenvalue weighted by atomic mass is 10.0. The van der Waals surface area contributed by atoms with E-state index in [4.69, 9.17) is 0 Å². The third kappa shape index (κ3) is 2.01. The maximum atomic E-state index is 11.4. The predicted octanol–water partition coefficient (Wildman–Crippen LogP) is 3.62. The van der Waals surface area contributed by atoms with Crippen molar-refractivity contribution >= 4 is 16.9 Å². The van der Waals surface area contributed by atoms with Gasteiger partial charge in [0.2, 0.25) is 0 Å². The van der Waals surface area contributed by atoms with Crippen LogP contribution in [0.25, 0.3) is 10.9 Å². The molecule has 1 aromatic heterocycles. The summed E-state index contributed by atoms with van der Waals surface area (Å²) in [5, 5.41) is 10.5. The Hall–Kier alpha value is -1.77. The van der Waals surface area contributed by atoms with E-state index in [9.17, 15) is 9.90 Å². The summed E-state index contributed by atoms with van der Waals surface area (Å²) in [6.45, 7) is 7.02. The number of rotatable bonds is 4. The Morgan fingerprint density at radius 1 is 1.33 bits per heavy atom. The van der Waals surface area contributed by atoms with Gasteiger partial charge in [-0.25, -0.2) is 4.79 Å². The van der Waals surface area contributed by atoms with Crippen LogP contribution in [0, 0.1) is 6.92 Å². The van der Waals surface area contributed by atoms with Crippen molar-refractivity contribution in [3.05, 3.63) is 35.0 Å². The number of carboxylic acid groups (broad SMARTS) is 1. The standard InChI is InChI=1S/C15H19NO2/c1-4-6-16-9-11(5-2)12-7-10(3)8-13(14(12)16)15(17)18/h7-9H,4-6H2,1-3H3,(H,17,18). The van der Waals surface area contributed by atoms with Gasteiger partial charge in [-0.1, -0.05) is 13.8 Å². The van der Waals surface area contributed by atoms with E-state index < -0.39 is 5.97 Å². The van der Waals surface area contributed by atoms with Crippen LogP contribution >= 0.6 is 0 Å². The van der Waals surface area contributed by atoms with Gasteiger partial charge in [-0.15, -0.1) is 0 Å². The Balaban J connectivity index is 2.82. The SMILES string of the molecule is CCCn1cc(CC)c2cc(C)cc(C(=O)O)c21. The van der Waals surface area contributed by atoms with Crippen LogP contribution in [0.3, 0.4) is 0 Å². The zero-order valence-electron chi connectivity index (χ0n) is 11.2. The topological polar surface area (TPSA) is 42.2 Å². The number of carbonyl (C=O) groups is 1. The summed E-state index contributed by atoms with van der Waals surface area (Å²) in [6.07, 6.45) is 4.02. The number of hydrogen-bond donors (Lipinski definition) is 1. The van der Waals surface area contributed by atoms with E-state index in [0.29, 0.717) is 5.56 Å². The van der Waals surface area contributed by atoms with Crippen molar-refractivity contribution in [3.8, 4) is 0 Å². The van der Waals surface area contributed by atoms with E-state index in [-0.39, 0.29) is 0 Å². The molecule has 0 saturated heterocycles. The number of aryl methyl sites for hydroxylation is 3. The molecular weight excluding hydrogens is 226 g/mol. The zero-order valence-corrected chi connectivity index (χ0v) is 11.2. The lowest BCUT2D eigenvalue weighted by Gasteiger charge is -2.07. The first-order valence-corrected chi connectivity index (χ1v) is 6.44. The fourth-order valence-corrected chi connectivity index (χ4v) is 2.52. The van der Waals surface area contributed by atoms with Gasteiger partial charge in [-0.2, -0.15) is 0 Å². The number of carboxylic acids is 1. The molecule has 0 bridgehead atoms. The van der Waals surface area contributed by atoms with Gasteiger partial charge in [0, 0.05) is 18.1 Å². The maximum Gasteiger partial charge on any atom is 0.337 e. The van der Waals surface area contributed by atoms with E-state index >= 15 is 0 Å². The summed E-state index contributed by atoms with van der Waals surface area (Å²) in [4.78, 5) is 11.4. The van der Waals surface area contributed by atoms with Gasteiger partial charge in [0.1, 0.15) is 0 Å². The van der Waals surface area contributed by atoms with Crippen molar-refractivity contribution in [2.24, 2.45) is 0 Å². The van der Waals surface area contributed by atoms with Gasteiger partial charge in [0.05, 0.1) is 11.1 Å². The second kappa shape index (κ2) is 4.84. The molecule has 0 spiro atoms. The number of hydrogen-bond acceptors (Lipinski definition) is 1. The Labute approximate surface area is 107 Å². The largest absolute Gasteiger partial charge is 0.478 e. The fourth-order valence-electron chi connectivity index (χ4n) is 2.52. The van der Waals surface area contributed by atoms with Gasteiger partial charge in [0.25, 0.3) is 0 Å². The van der Waals surface area contributed by atoms with E-state index in [0.717, 1.165) is 35.9 Å². The van der Waals surface area contributed by atoms with Gasteiger partial charge in [-0.05, 0) is 43.0 Å². The molecule has 18 heavy (non-hydrogen) atoms. The lowest BCUT2D eigenvalue weighted by molar-refractivity contribution is 0.0698. The second-order valence-electron chi connectivity index (χ2n) is 4.72. The average Bonchev–Trinajstić information content (AvgIpc) is 2.66. The zero-order chi connectivity index (χ0) is 13.3. The van der Waals surface area contributed by atoms with Crippen LogP contribution in [0.1, 0.15) is 41.8 Å². The highest BCUT2D eigenvalue weighted by Crippen LogP contribution is 2.27. The van der Waals surface area contributed by atoms with Crippen LogP contribution in [-0.2, 0) is 13.0 Å². The minimum atomic E-state index is -0.846. The van der Waals surface area contributed by atoms with Gasteiger partial charge in [0.15, 0.2) is 0 Å². The van der Waals surface area contributed by atoms with Crippen molar-refractivity contribution in [2.45, 2.75) is 40.2 Å². The molecule has 0 amide bonds. The Morgan fingerprint density at radius 2 is 2.06 bits per heavy atom. The highest BCUT2D eigenvalue weighted by molar-refractivity contribution is 6.03. The van der Waals surface area contributed by atoms with E-state index in [1.54, 1.807) is 6.07 Å². The van der Waals surface area contributed by atoms with Crippen LogP contribution in [0.15, 0.2) is 18.3 Å². The molecule has 0 radical (unpaired) electrons. The van der Waals surface area contributed by atoms with Crippen LogP contribution in [-0.4, -0.2) is 15.6 Å². The molecule has 1 aromatic carbocycles. The minimum absolute atomic E-state index is 0.415. The maximum absolute atomic E-state index is 11.4. The molecule has 3 heteroatoms. The first-order chi connectivity index (χ1) is 8.58. The summed E-state index contributed by atoms with van der Waals surface area (Å²) in [5.41, 5.74) is 3.51. The van der Waals surface area contributed by atoms with Crippen LogP contribution in [0.4, 0.5) is 0 Å². The molecular formula is C15H19NO2. The fraction of sp³-hybridized carbons (Fsp3) is 0.400. The Bertz CT molecular complexity index is 596. The molecule has 0 aliphatic heterocycles. The summed E-state index contributed by atoms with van der Waals surface area (Å²) in [5.74, 6) is -0.846. The first kappa shape index (κ1) is 12.7. The number of benzene rings is 1. The molecule has 0 aliphatic rings. The van der Waals surface area contributed by atoms with E-state index in [2.05, 4.69) is 30.7 Å². The van der Waals surface area contributed by atoms with E-state index in [1.165, 1.54) is 5.56 Å². The number of aromatic nitrogens is 1. The molecule has 3 nitrogen and oxygen atoms in total. The van der Waals surface area contributed by atoms with Crippen LogP contribution in [0.2, 0.25) is 0 Å². The van der Waals surface area contributed by atoms with Crippen molar-refractivity contribution in [1.82, 2.24) is 4.57 Å². The second-order valence-corrected chi connectivity index (χ2v) is 4.72. The smallest absolute Gasteiger partial charge is 0.337 e. The van der Waals surface area contributed by atoms with Gasteiger partial charge in [-0.3, -0.25) is 0 Å². The first-order valence-electron chi connectivity index (χ1n) is 6.44. The Morgan fingerprint density at radius 3 is 2.61 bits per heavy atom. The monoisotopic (exact) mass is 245 g/mol. The molecule has 0 saturated carbocycles. The molecule has 2 aromatic rings. The molecule has 0 aliphatic carbocycles. The molecule has 0 unspecified atom stereocenters. The quantitative estimate of drug-likeness (QED) is 0.893. The molecule has 1 N–H and O–H groups in total. The molecule has 2 rings (SSSR count). The summed E-state index contributed by atoms with van der Waals surface area (Å²) < 4.78 is 2.08. The lowest BCUT2D eigenvalue weighted by Crippen LogP contribution is -2.03. The highest BCUT2D eigenvalue weighted by Gasteiger charge is 2.16. The number of nitrogens with zero attached hydrogens (tertiary/aromatic N) is 1. The third-order valence-corrected chi connectivity index (χ3v) is 3.27. The highest BCUT2D eigenvalue weighted by atomic mass is 16.4. The van der Waals surface area contributed by atoms with Crippen LogP contribution in [0.5, 0.6) is 0 Å². The predicted molar refractivity (Wildman–Crippen MR) is 73.3 cm³/mol. The van der Waals surface area contributed by atoms with Crippen molar-refractivity contribution in [2.75, 3.05) is 0 Å². The van der Waals surface area contributed by atoms with Gasteiger partial charge < -0.3 is 9.67 Å².